The summed E-state index contributed by atoms with van der Waals surface area (Å²) in [7, 11) is 1.67. The fourth-order valence-corrected chi connectivity index (χ4v) is 1.34. The van der Waals surface area contributed by atoms with E-state index in [-0.39, 0.29) is 5.91 Å². The number of hydrogen-bond acceptors (Lipinski definition) is 1. The van der Waals surface area contributed by atoms with Crippen molar-refractivity contribution in [3.8, 4) is 0 Å². The third-order valence-corrected chi connectivity index (χ3v) is 2.03. The maximum absolute atomic E-state index is 10.9. The van der Waals surface area contributed by atoms with Crippen LogP contribution in [0.5, 0.6) is 0 Å². The Balaban J connectivity index is 2.19. The lowest BCUT2D eigenvalue weighted by atomic mass is 10.0. The Morgan fingerprint density at radius 3 is 3.00 bits per heavy atom. The number of carbonyl (C=O) groups is 1. The molecule has 1 aliphatic heterocycles. The summed E-state index contributed by atoms with van der Waals surface area (Å²) in [6, 6.07) is 0.295. The van der Waals surface area contributed by atoms with Gasteiger partial charge in [0.15, 0.2) is 0 Å². The van der Waals surface area contributed by atoms with Crippen molar-refractivity contribution >= 4 is 5.91 Å². The van der Waals surface area contributed by atoms with Crippen LogP contribution in [0.15, 0.2) is 0 Å². The van der Waals surface area contributed by atoms with Gasteiger partial charge < -0.3 is 5.32 Å². The third kappa shape index (κ3) is 2.89. The lowest BCUT2D eigenvalue weighted by molar-refractivity contribution is -0.121. The number of nitrogens with zero attached hydrogens (tertiary/aromatic N) is 1. The average Bonchev–Trinajstić information content (AvgIpc) is 2.06. The van der Waals surface area contributed by atoms with Gasteiger partial charge in [0.2, 0.25) is 5.91 Å². The van der Waals surface area contributed by atoms with E-state index in [4.69, 9.17) is 0 Å². The van der Waals surface area contributed by atoms with Crippen LogP contribution in [-0.4, -0.2) is 25.5 Å². The molecule has 0 aromatic carbocycles. The second-order valence-corrected chi connectivity index (χ2v) is 2.93. The molecule has 0 aromatic heterocycles. The number of piperidine rings is 1. The van der Waals surface area contributed by atoms with Gasteiger partial charge in [-0.1, -0.05) is 6.42 Å². The number of nitrogens with one attached hydrogen (secondary N) is 1. The topological polar surface area (TPSA) is 43.2 Å². The molecule has 1 heterocycles. The van der Waals surface area contributed by atoms with Crippen molar-refractivity contribution < 1.29 is 4.79 Å². The first-order valence-corrected chi connectivity index (χ1v) is 4.20. The van der Waals surface area contributed by atoms with Crippen molar-refractivity contribution in [2.45, 2.75) is 31.7 Å². The van der Waals surface area contributed by atoms with Crippen molar-refractivity contribution in [3.63, 3.8) is 0 Å². The molecule has 1 aliphatic rings. The molecule has 1 saturated heterocycles. The van der Waals surface area contributed by atoms with Gasteiger partial charge in [0.1, 0.15) is 0 Å². The molecule has 0 bridgehead atoms. The smallest absolute Gasteiger partial charge is 0.221 e. The van der Waals surface area contributed by atoms with E-state index in [0.717, 1.165) is 13.0 Å². The number of hydrogen-bond donors (Lipinski definition) is 1. The summed E-state index contributed by atoms with van der Waals surface area (Å²) in [5.41, 5.74) is 0. The molecule has 1 atom stereocenters. The minimum Gasteiger partial charge on any atom is -0.359 e. The maximum atomic E-state index is 10.9. The first kappa shape index (κ1) is 8.53. The molecule has 0 aliphatic carbocycles. The molecule has 0 saturated carbocycles. The summed E-state index contributed by atoms with van der Waals surface area (Å²) in [5, 5.41) is 6.97. The van der Waals surface area contributed by atoms with Crippen LogP contribution in [0.3, 0.4) is 0 Å². The van der Waals surface area contributed by atoms with Crippen LogP contribution < -0.4 is 10.6 Å². The largest absolute Gasteiger partial charge is 0.359 e. The second kappa shape index (κ2) is 4.34. The van der Waals surface area contributed by atoms with Gasteiger partial charge in [-0.05, 0) is 12.8 Å². The summed E-state index contributed by atoms with van der Waals surface area (Å²) in [5.74, 6) is 0.112. The molecular formula is C8H15N2O. The van der Waals surface area contributed by atoms with Crippen LogP contribution in [0.25, 0.3) is 0 Å². The van der Waals surface area contributed by atoms with E-state index in [2.05, 4.69) is 10.6 Å². The van der Waals surface area contributed by atoms with Crippen molar-refractivity contribution in [1.29, 1.82) is 0 Å². The van der Waals surface area contributed by atoms with E-state index >= 15 is 0 Å². The highest BCUT2D eigenvalue weighted by atomic mass is 16.1. The molecular weight excluding hydrogens is 140 g/mol. The minimum absolute atomic E-state index is 0.112. The molecule has 63 valence electrons. The third-order valence-electron chi connectivity index (χ3n) is 2.03. The predicted octanol–water partition coefficient (Wildman–Crippen LogP) is 0.279. The van der Waals surface area contributed by atoms with Gasteiger partial charge >= 0.3 is 0 Å². The van der Waals surface area contributed by atoms with Crippen LogP contribution in [0.4, 0.5) is 0 Å². The Labute approximate surface area is 67.5 Å². The minimum atomic E-state index is 0.112. The van der Waals surface area contributed by atoms with Gasteiger partial charge in [-0.25, -0.2) is 5.32 Å². The molecule has 1 N–H and O–H groups in total. The lowest BCUT2D eigenvalue weighted by Gasteiger charge is -2.20. The van der Waals surface area contributed by atoms with Crippen LogP contribution in [0, 0.1) is 0 Å². The van der Waals surface area contributed by atoms with Crippen LogP contribution >= 0.6 is 0 Å². The molecule has 1 fully saturated rings. The molecule has 0 spiro atoms. The van der Waals surface area contributed by atoms with E-state index in [9.17, 15) is 4.79 Å². The van der Waals surface area contributed by atoms with Crippen LogP contribution in [-0.2, 0) is 4.79 Å². The van der Waals surface area contributed by atoms with E-state index < -0.39 is 0 Å². The van der Waals surface area contributed by atoms with Crippen LogP contribution in [0.1, 0.15) is 25.7 Å². The SMILES string of the molecule is CNC(=O)CC1CCCC[N]1. The highest BCUT2D eigenvalue weighted by molar-refractivity contribution is 5.76. The zero-order chi connectivity index (χ0) is 8.10. The molecule has 3 nitrogen and oxygen atoms in total. The molecule has 1 radical (unpaired) electrons. The lowest BCUT2D eigenvalue weighted by Crippen LogP contribution is -2.33. The van der Waals surface area contributed by atoms with E-state index in [1.807, 2.05) is 0 Å². The van der Waals surface area contributed by atoms with Crippen molar-refractivity contribution in [3.05, 3.63) is 0 Å². The molecule has 0 aromatic rings. The standard InChI is InChI=1S/C8H15N2O/c1-9-8(11)6-7-4-2-3-5-10-7/h7H,2-6H2,1H3,(H,9,11). The number of rotatable bonds is 2. The Bertz CT molecular complexity index is 130. The van der Waals surface area contributed by atoms with E-state index in [1.54, 1.807) is 7.05 Å². The zero-order valence-electron chi connectivity index (χ0n) is 6.97. The fourth-order valence-electron chi connectivity index (χ4n) is 1.34. The molecule has 3 heteroatoms. The summed E-state index contributed by atoms with van der Waals surface area (Å²) >= 11 is 0. The van der Waals surface area contributed by atoms with Gasteiger partial charge in [0.25, 0.3) is 0 Å². The highest BCUT2D eigenvalue weighted by Gasteiger charge is 2.16. The first-order valence-electron chi connectivity index (χ1n) is 4.20. The number of carbonyl (C=O) groups excluding carboxylic acids is 1. The fraction of sp³-hybridized carbons (Fsp3) is 0.875. The summed E-state index contributed by atoms with van der Waals surface area (Å²) < 4.78 is 0. The van der Waals surface area contributed by atoms with Gasteiger partial charge in [-0.15, -0.1) is 0 Å². The monoisotopic (exact) mass is 155 g/mol. The van der Waals surface area contributed by atoms with Crippen molar-refractivity contribution in [2.75, 3.05) is 13.6 Å². The molecule has 1 rings (SSSR count). The second-order valence-electron chi connectivity index (χ2n) is 2.93. The van der Waals surface area contributed by atoms with Crippen molar-refractivity contribution in [2.24, 2.45) is 0 Å². The Morgan fingerprint density at radius 2 is 2.45 bits per heavy atom. The Hall–Kier alpha value is -0.570. The van der Waals surface area contributed by atoms with Gasteiger partial charge in [-0.3, -0.25) is 4.79 Å². The molecule has 1 unspecified atom stereocenters. The number of amides is 1. The maximum Gasteiger partial charge on any atom is 0.221 e. The average molecular weight is 155 g/mol. The van der Waals surface area contributed by atoms with Crippen LogP contribution in [0.2, 0.25) is 0 Å². The predicted molar refractivity (Wildman–Crippen MR) is 43.3 cm³/mol. The summed E-state index contributed by atoms with van der Waals surface area (Å²) in [4.78, 5) is 10.9. The van der Waals surface area contributed by atoms with E-state index in [0.29, 0.717) is 12.5 Å². The molecule has 11 heavy (non-hydrogen) atoms. The highest BCUT2D eigenvalue weighted by Crippen LogP contribution is 2.10. The first-order chi connectivity index (χ1) is 5.33. The van der Waals surface area contributed by atoms with Crippen molar-refractivity contribution in [1.82, 2.24) is 10.6 Å². The zero-order valence-corrected chi connectivity index (χ0v) is 6.97. The van der Waals surface area contributed by atoms with Gasteiger partial charge in [0.05, 0.1) is 0 Å². The van der Waals surface area contributed by atoms with Gasteiger partial charge in [0, 0.05) is 26.1 Å². The Kier molecular flexibility index (Phi) is 3.36. The summed E-state index contributed by atoms with van der Waals surface area (Å²) in [6.45, 7) is 0.946. The van der Waals surface area contributed by atoms with E-state index in [1.165, 1.54) is 12.8 Å². The Morgan fingerprint density at radius 1 is 1.64 bits per heavy atom. The quantitative estimate of drug-likeness (QED) is 0.611. The van der Waals surface area contributed by atoms with Gasteiger partial charge in [-0.2, -0.15) is 0 Å². The molecule has 1 amide bonds. The summed E-state index contributed by atoms with van der Waals surface area (Å²) in [6.07, 6.45) is 4.10. The normalized spacial score (nSPS) is 24.6.